The maximum absolute atomic E-state index is 13.4. The quantitative estimate of drug-likeness (QED) is 0.757. The molecule has 29 heavy (non-hydrogen) atoms. The molecule has 0 radical (unpaired) electrons. The van der Waals surface area contributed by atoms with Gasteiger partial charge in [-0.15, -0.1) is 0 Å². The van der Waals surface area contributed by atoms with Crippen molar-refractivity contribution >= 4 is 23.4 Å². The Kier molecular flexibility index (Phi) is 4.84. The van der Waals surface area contributed by atoms with E-state index < -0.39 is 0 Å². The zero-order valence-corrected chi connectivity index (χ0v) is 17.8. The number of fused-ring (bicyclic) bond motifs is 2. The number of nitrogens with zero attached hydrogens (tertiary/aromatic N) is 4. The van der Waals surface area contributed by atoms with Crippen LogP contribution >= 0.6 is 11.6 Å². The fraction of sp³-hybridized carbons (Fsp3) is 0.636. The number of hydrogen-bond acceptors (Lipinski definition) is 4. The Hall–Kier alpha value is -1.63. The van der Waals surface area contributed by atoms with Gasteiger partial charge in [-0.2, -0.15) is 0 Å². The van der Waals surface area contributed by atoms with Gasteiger partial charge in [0.1, 0.15) is 11.7 Å². The van der Waals surface area contributed by atoms with Crippen LogP contribution in [0.25, 0.3) is 0 Å². The number of rotatable bonds is 3. The zero-order chi connectivity index (χ0) is 20.2. The summed E-state index contributed by atoms with van der Waals surface area (Å²) in [6, 6.07) is 7.10. The van der Waals surface area contributed by atoms with Crippen LogP contribution in [0.1, 0.15) is 36.0 Å². The van der Waals surface area contributed by atoms with Crippen molar-refractivity contribution in [2.75, 3.05) is 46.3 Å². The molecule has 0 N–H and O–H groups in total. The lowest BCUT2D eigenvalue weighted by Crippen LogP contribution is -2.63. The van der Waals surface area contributed by atoms with Gasteiger partial charge in [0.2, 0.25) is 5.91 Å². The summed E-state index contributed by atoms with van der Waals surface area (Å²) in [6.07, 6.45) is 4.16. The molecular weight excluding hydrogens is 388 g/mol. The number of halogens is 1. The van der Waals surface area contributed by atoms with Gasteiger partial charge in [0.25, 0.3) is 5.91 Å². The van der Waals surface area contributed by atoms with Gasteiger partial charge in [-0.05, 0) is 50.1 Å². The summed E-state index contributed by atoms with van der Waals surface area (Å²) in [4.78, 5) is 35.2. The second-order valence-electron chi connectivity index (χ2n) is 9.15. The largest absolute Gasteiger partial charge is 0.338 e. The van der Waals surface area contributed by atoms with Crippen molar-refractivity contribution in [3.8, 4) is 0 Å². The van der Waals surface area contributed by atoms with Crippen LogP contribution in [0.15, 0.2) is 24.3 Å². The molecule has 6 nitrogen and oxygen atoms in total. The van der Waals surface area contributed by atoms with E-state index in [0.29, 0.717) is 35.5 Å². The van der Waals surface area contributed by atoms with Crippen LogP contribution in [-0.2, 0) is 4.79 Å². The van der Waals surface area contributed by atoms with Crippen LogP contribution in [0.3, 0.4) is 0 Å². The van der Waals surface area contributed by atoms with Gasteiger partial charge >= 0.3 is 0 Å². The predicted molar refractivity (Wildman–Crippen MR) is 112 cm³/mol. The molecule has 1 saturated carbocycles. The van der Waals surface area contributed by atoms with Crippen LogP contribution in [0.5, 0.6) is 0 Å². The van der Waals surface area contributed by atoms with E-state index in [4.69, 9.17) is 11.6 Å². The summed E-state index contributed by atoms with van der Waals surface area (Å²) < 4.78 is 0. The Balaban J connectivity index is 1.36. The number of carbonyl (C=O) groups excluding carboxylic acids is 2. The molecule has 7 heteroatoms. The highest BCUT2D eigenvalue weighted by Gasteiger charge is 2.59. The van der Waals surface area contributed by atoms with Crippen LogP contribution in [0.4, 0.5) is 0 Å². The van der Waals surface area contributed by atoms with Crippen molar-refractivity contribution in [2.45, 2.75) is 37.4 Å². The van der Waals surface area contributed by atoms with Crippen molar-refractivity contribution in [2.24, 2.45) is 5.92 Å². The molecule has 0 bridgehead atoms. The lowest BCUT2D eigenvalue weighted by molar-refractivity contribution is -0.134. The number of hydrogen-bond donors (Lipinski definition) is 0. The van der Waals surface area contributed by atoms with E-state index in [1.54, 1.807) is 24.3 Å². The number of amides is 2. The molecule has 1 aliphatic carbocycles. The summed E-state index contributed by atoms with van der Waals surface area (Å²) in [5.41, 5.74) is 0.475. The molecule has 0 aromatic heterocycles. The lowest BCUT2D eigenvalue weighted by atomic mass is 9.92. The molecule has 4 aliphatic rings. The first-order valence-electron chi connectivity index (χ1n) is 10.8. The fourth-order valence-corrected chi connectivity index (χ4v) is 5.51. The van der Waals surface area contributed by atoms with E-state index in [1.807, 2.05) is 4.90 Å². The van der Waals surface area contributed by atoms with Gasteiger partial charge in [0.05, 0.1) is 0 Å². The highest BCUT2D eigenvalue weighted by molar-refractivity contribution is 6.30. The molecular formula is C22H29ClN4O2. The minimum Gasteiger partial charge on any atom is -0.338 e. The average molecular weight is 417 g/mol. The SMILES string of the molecule is CN1CCN2[C@H](C1)C(=O)N(CC1CC1)C21CCN(C(=O)c2ccc(Cl)cc2)CC1. The average Bonchev–Trinajstić information content (AvgIpc) is 3.53. The second-order valence-corrected chi connectivity index (χ2v) is 9.58. The van der Waals surface area contributed by atoms with Crippen LogP contribution in [0.2, 0.25) is 5.02 Å². The van der Waals surface area contributed by atoms with E-state index >= 15 is 0 Å². The summed E-state index contributed by atoms with van der Waals surface area (Å²) >= 11 is 5.96. The van der Waals surface area contributed by atoms with Crippen LogP contribution < -0.4 is 0 Å². The summed E-state index contributed by atoms with van der Waals surface area (Å²) in [5, 5.41) is 0.639. The maximum Gasteiger partial charge on any atom is 0.253 e. The van der Waals surface area contributed by atoms with E-state index in [0.717, 1.165) is 39.0 Å². The molecule has 3 heterocycles. The van der Waals surface area contributed by atoms with Crippen LogP contribution in [-0.4, -0.2) is 89.4 Å². The first-order valence-corrected chi connectivity index (χ1v) is 11.2. The molecule has 4 fully saturated rings. The van der Waals surface area contributed by atoms with Gasteiger partial charge < -0.3 is 14.7 Å². The Morgan fingerprint density at radius 2 is 1.79 bits per heavy atom. The minimum absolute atomic E-state index is 0.0222. The third-order valence-electron chi connectivity index (χ3n) is 7.25. The van der Waals surface area contributed by atoms with Crippen molar-refractivity contribution in [1.29, 1.82) is 0 Å². The van der Waals surface area contributed by atoms with Gasteiger partial charge in [-0.1, -0.05) is 11.6 Å². The predicted octanol–water partition coefficient (Wildman–Crippen LogP) is 2.14. The third-order valence-corrected chi connectivity index (χ3v) is 7.50. The molecule has 2 amide bonds. The Labute approximate surface area is 177 Å². The standard InChI is InChI=1S/C22H29ClN4O2/c1-24-12-13-26-19(15-24)21(29)27(14-16-2-3-16)22(26)8-10-25(11-9-22)20(28)17-4-6-18(23)7-5-17/h4-7,16,19H,2-3,8-15H2,1H3/t19-/m1/s1. The lowest BCUT2D eigenvalue weighted by Gasteiger charge is -2.50. The van der Waals surface area contributed by atoms with E-state index in [1.165, 1.54) is 12.8 Å². The Morgan fingerprint density at radius 3 is 2.45 bits per heavy atom. The molecule has 3 aliphatic heterocycles. The first-order chi connectivity index (χ1) is 14.0. The number of piperidine rings is 1. The third kappa shape index (κ3) is 3.35. The van der Waals surface area contributed by atoms with E-state index in [2.05, 4.69) is 21.7 Å². The van der Waals surface area contributed by atoms with Crippen molar-refractivity contribution in [1.82, 2.24) is 19.6 Å². The van der Waals surface area contributed by atoms with Gasteiger partial charge in [-0.3, -0.25) is 14.5 Å². The minimum atomic E-state index is -0.206. The summed E-state index contributed by atoms with van der Waals surface area (Å²) in [7, 11) is 2.11. The summed E-state index contributed by atoms with van der Waals surface area (Å²) in [5.74, 6) is 1.04. The molecule has 156 valence electrons. The van der Waals surface area contributed by atoms with E-state index in [-0.39, 0.29) is 17.6 Å². The van der Waals surface area contributed by atoms with Gasteiger partial charge in [0, 0.05) is 62.7 Å². The topological polar surface area (TPSA) is 47.1 Å². The second kappa shape index (κ2) is 7.25. The number of carbonyl (C=O) groups is 2. The van der Waals surface area contributed by atoms with Crippen molar-refractivity contribution in [3.63, 3.8) is 0 Å². The number of likely N-dealkylation sites (N-methyl/N-ethyl adjacent to an activating group) is 1. The molecule has 1 atom stereocenters. The highest BCUT2D eigenvalue weighted by Crippen LogP contribution is 2.44. The highest BCUT2D eigenvalue weighted by atomic mass is 35.5. The molecule has 0 unspecified atom stereocenters. The number of benzene rings is 1. The molecule has 3 saturated heterocycles. The molecule has 1 aromatic rings. The monoisotopic (exact) mass is 416 g/mol. The first kappa shape index (κ1) is 19.3. The number of piperazine rings is 1. The van der Waals surface area contributed by atoms with Crippen molar-refractivity contribution < 1.29 is 9.59 Å². The number of likely N-dealkylation sites (tertiary alicyclic amines) is 1. The van der Waals surface area contributed by atoms with Crippen molar-refractivity contribution in [3.05, 3.63) is 34.9 Å². The molecule has 5 rings (SSSR count). The van der Waals surface area contributed by atoms with Crippen LogP contribution in [0, 0.1) is 5.92 Å². The van der Waals surface area contributed by atoms with Gasteiger partial charge in [-0.25, -0.2) is 0 Å². The molecule has 1 aromatic carbocycles. The molecule has 1 spiro atoms. The Morgan fingerprint density at radius 1 is 1.10 bits per heavy atom. The Bertz CT molecular complexity index is 802. The van der Waals surface area contributed by atoms with Gasteiger partial charge in [0.15, 0.2) is 0 Å². The smallest absolute Gasteiger partial charge is 0.253 e. The normalized spacial score (nSPS) is 27.5. The van der Waals surface area contributed by atoms with E-state index in [9.17, 15) is 9.59 Å². The maximum atomic E-state index is 13.4. The zero-order valence-electron chi connectivity index (χ0n) is 17.0. The fourth-order valence-electron chi connectivity index (χ4n) is 5.39. The summed E-state index contributed by atoms with van der Waals surface area (Å²) in [6.45, 7) is 5.01.